The van der Waals surface area contributed by atoms with Crippen LogP contribution in [-0.4, -0.2) is 18.4 Å². The van der Waals surface area contributed by atoms with Crippen LogP contribution in [0, 0.1) is 5.92 Å². The van der Waals surface area contributed by atoms with Crippen LogP contribution in [0.2, 0.25) is 5.02 Å². The standard InChI is InChI=1S/C13H18ClN3O2/c1-2-8(7-15)5-12(18)17-9-3-4-11(14)10(6-9)13(16)19/h3-4,6,8H,2,5,7,15H2,1H3,(H2,16,19)(H,17,18). The molecule has 0 fully saturated rings. The van der Waals surface area contributed by atoms with Crippen LogP contribution in [-0.2, 0) is 4.79 Å². The van der Waals surface area contributed by atoms with Gasteiger partial charge in [-0.2, -0.15) is 0 Å². The first kappa shape index (κ1) is 15.5. The van der Waals surface area contributed by atoms with Crippen LogP contribution in [0.25, 0.3) is 0 Å². The minimum Gasteiger partial charge on any atom is -0.366 e. The Morgan fingerprint density at radius 1 is 1.42 bits per heavy atom. The predicted molar refractivity (Wildman–Crippen MR) is 76.1 cm³/mol. The molecule has 104 valence electrons. The number of anilines is 1. The molecule has 19 heavy (non-hydrogen) atoms. The molecule has 0 heterocycles. The van der Waals surface area contributed by atoms with Crippen molar-refractivity contribution in [1.29, 1.82) is 0 Å². The average molecular weight is 284 g/mol. The summed E-state index contributed by atoms with van der Waals surface area (Å²) in [6.45, 7) is 2.45. The fourth-order valence-corrected chi connectivity index (χ4v) is 1.87. The molecule has 0 bridgehead atoms. The summed E-state index contributed by atoms with van der Waals surface area (Å²) in [5.74, 6) is -0.618. The third-order valence-electron chi connectivity index (χ3n) is 2.90. The Bertz CT molecular complexity index is 473. The zero-order valence-corrected chi connectivity index (χ0v) is 11.5. The number of halogens is 1. The second-order valence-corrected chi connectivity index (χ2v) is 4.73. The Hall–Kier alpha value is -1.59. The summed E-state index contributed by atoms with van der Waals surface area (Å²) in [6.07, 6.45) is 1.19. The molecule has 0 radical (unpaired) electrons. The normalized spacial score (nSPS) is 11.9. The third-order valence-corrected chi connectivity index (χ3v) is 3.23. The summed E-state index contributed by atoms with van der Waals surface area (Å²) < 4.78 is 0. The maximum Gasteiger partial charge on any atom is 0.250 e. The molecular formula is C13H18ClN3O2. The fraction of sp³-hybridized carbons (Fsp3) is 0.385. The van der Waals surface area contributed by atoms with Gasteiger partial charge in [0.1, 0.15) is 0 Å². The smallest absolute Gasteiger partial charge is 0.250 e. The second-order valence-electron chi connectivity index (χ2n) is 4.32. The molecule has 0 saturated carbocycles. The molecule has 2 amide bonds. The van der Waals surface area contributed by atoms with Gasteiger partial charge >= 0.3 is 0 Å². The lowest BCUT2D eigenvalue weighted by molar-refractivity contribution is -0.117. The van der Waals surface area contributed by atoms with E-state index in [1.807, 2.05) is 6.92 Å². The number of hydrogen-bond donors (Lipinski definition) is 3. The summed E-state index contributed by atoms with van der Waals surface area (Å²) in [6, 6.07) is 4.61. The van der Waals surface area contributed by atoms with Gasteiger partial charge in [0, 0.05) is 12.1 Å². The van der Waals surface area contributed by atoms with Crippen LogP contribution < -0.4 is 16.8 Å². The number of amides is 2. The van der Waals surface area contributed by atoms with Crippen molar-refractivity contribution >= 4 is 29.1 Å². The van der Waals surface area contributed by atoms with E-state index in [1.165, 1.54) is 12.1 Å². The number of benzene rings is 1. The first-order chi connectivity index (χ1) is 8.97. The van der Waals surface area contributed by atoms with E-state index in [-0.39, 0.29) is 22.4 Å². The highest BCUT2D eigenvalue weighted by molar-refractivity contribution is 6.33. The molecule has 1 aromatic carbocycles. The van der Waals surface area contributed by atoms with Gasteiger partial charge in [0.05, 0.1) is 10.6 Å². The van der Waals surface area contributed by atoms with Gasteiger partial charge in [-0.25, -0.2) is 0 Å². The summed E-state index contributed by atoms with van der Waals surface area (Å²) in [5, 5.41) is 2.97. The highest BCUT2D eigenvalue weighted by Crippen LogP contribution is 2.20. The van der Waals surface area contributed by atoms with Crippen LogP contribution in [0.4, 0.5) is 5.69 Å². The third kappa shape index (κ3) is 4.54. The van der Waals surface area contributed by atoms with Crippen molar-refractivity contribution in [3.05, 3.63) is 28.8 Å². The Morgan fingerprint density at radius 2 is 2.11 bits per heavy atom. The first-order valence-corrected chi connectivity index (χ1v) is 6.45. The molecule has 0 aromatic heterocycles. The molecule has 1 atom stereocenters. The molecule has 5 nitrogen and oxygen atoms in total. The quantitative estimate of drug-likeness (QED) is 0.742. The van der Waals surface area contributed by atoms with Crippen LogP contribution in [0.3, 0.4) is 0 Å². The van der Waals surface area contributed by atoms with Gasteiger partial charge in [0.25, 0.3) is 0 Å². The topological polar surface area (TPSA) is 98.2 Å². The van der Waals surface area contributed by atoms with Gasteiger partial charge in [-0.1, -0.05) is 24.9 Å². The van der Waals surface area contributed by atoms with Crippen molar-refractivity contribution in [2.75, 3.05) is 11.9 Å². The van der Waals surface area contributed by atoms with Gasteiger partial charge in [0.2, 0.25) is 11.8 Å². The lowest BCUT2D eigenvalue weighted by atomic mass is 10.0. The highest BCUT2D eigenvalue weighted by atomic mass is 35.5. The van der Waals surface area contributed by atoms with Crippen molar-refractivity contribution < 1.29 is 9.59 Å². The van der Waals surface area contributed by atoms with E-state index in [0.29, 0.717) is 18.7 Å². The van der Waals surface area contributed by atoms with Crippen LogP contribution in [0.5, 0.6) is 0 Å². The molecule has 0 spiro atoms. The van der Waals surface area contributed by atoms with Crippen LogP contribution in [0.15, 0.2) is 18.2 Å². The van der Waals surface area contributed by atoms with E-state index < -0.39 is 5.91 Å². The van der Waals surface area contributed by atoms with Gasteiger partial charge in [-0.3, -0.25) is 9.59 Å². The maximum atomic E-state index is 11.8. The number of hydrogen-bond acceptors (Lipinski definition) is 3. The lowest BCUT2D eigenvalue weighted by Gasteiger charge is -2.12. The SMILES string of the molecule is CCC(CN)CC(=O)Nc1ccc(Cl)c(C(N)=O)c1. The second kappa shape index (κ2) is 7.11. The molecule has 5 N–H and O–H groups in total. The Kier molecular flexibility index (Phi) is 5.79. The van der Waals surface area contributed by atoms with Crippen molar-refractivity contribution in [1.82, 2.24) is 0 Å². The van der Waals surface area contributed by atoms with Gasteiger partial charge in [0.15, 0.2) is 0 Å². The van der Waals surface area contributed by atoms with E-state index in [1.54, 1.807) is 6.07 Å². The zero-order chi connectivity index (χ0) is 14.4. The zero-order valence-electron chi connectivity index (χ0n) is 10.8. The minimum absolute atomic E-state index is 0.143. The van der Waals surface area contributed by atoms with Gasteiger partial charge < -0.3 is 16.8 Å². The molecule has 6 heteroatoms. The Morgan fingerprint density at radius 3 is 2.63 bits per heavy atom. The number of carbonyl (C=O) groups is 2. The molecule has 0 aliphatic rings. The maximum absolute atomic E-state index is 11.8. The summed E-state index contributed by atoms with van der Waals surface area (Å²) in [5.41, 5.74) is 11.4. The molecule has 1 unspecified atom stereocenters. The van der Waals surface area contributed by atoms with Crippen molar-refractivity contribution in [2.45, 2.75) is 19.8 Å². The van der Waals surface area contributed by atoms with E-state index in [2.05, 4.69) is 5.32 Å². The average Bonchev–Trinajstić information content (AvgIpc) is 2.37. The van der Waals surface area contributed by atoms with Gasteiger partial charge in [-0.15, -0.1) is 0 Å². The number of nitrogens with two attached hydrogens (primary N) is 2. The largest absolute Gasteiger partial charge is 0.366 e. The Balaban J connectivity index is 2.74. The highest BCUT2D eigenvalue weighted by Gasteiger charge is 2.12. The van der Waals surface area contributed by atoms with Crippen LogP contribution >= 0.6 is 11.6 Å². The van der Waals surface area contributed by atoms with E-state index >= 15 is 0 Å². The van der Waals surface area contributed by atoms with E-state index in [0.717, 1.165) is 6.42 Å². The molecular weight excluding hydrogens is 266 g/mol. The van der Waals surface area contributed by atoms with Crippen molar-refractivity contribution in [3.63, 3.8) is 0 Å². The summed E-state index contributed by atoms with van der Waals surface area (Å²) in [7, 11) is 0. The monoisotopic (exact) mass is 283 g/mol. The van der Waals surface area contributed by atoms with Crippen LogP contribution in [0.1, 0.15) is 30.1 Å². The van der Waals surface area contributed by atoms with Crippen molar-refractivity contribution in [3.8, 4) is 0 Å². The summed E-state index contributed by atoms with van der Waals surface area (Å²) in [4.78, 5) is 22.9. The molecule has 1 aromatic rings. The lowest BCUT2D eigenvalue weighted by Crippen LogP contribution is -2.22. The minimum atomic E-state index is -0.630. The number of nitrogens with one attached hydrogen (secondary N) is 1. The number of rotatable bonds is 6. The fourth-order valence-electron chi connectivity index (χ4n) is 1.66. The Labute approximate surface area is 117 Å². The van der Waals surface area contributed by atoms with E-state index in [9.17, 15) is 9.59 Å². The number of primary amides is 1. The molecule has 0 saturated heterocycles. The molecule has 0 aliphatic carbocycles. The first-order valence-electron chi connectivity index (χ1n) is 6.07. The predicted octanol–water partition coefficient (Wildman–Crippen LogP) is 1.75. The number of carbonyl (C=O) groups excluding carboxylic acids is 2. The summed E-state index contributed by atoms with van der Waals surface area (Å²) >= 11 is 5.83. The molecule has 0 aliphatic heterocycles. The van der Waals surface area contributed by atoms with Gasteiger partial charge in [-0.05, 0) is 30.7 Å². The molecule has 1 rings (SSSR count). The van der Waals surface area contributed by atoms with E-state index in [4.69, 9.17) is 23.1 Å². The van der Waals surface area contributed by atoms with Crippen molar-refractivity contribution in [2.24, 2.45) is 17.4 Å².